The molecule has 0 saturated heterocycles. The van der Waals surface area contributed by atoms with Crippen molar-refractivity contribution in [3.05, 3.63) is 150 Å². The Morgan fingerprint density at radius 1 is 0.397 bits per heavy atom. The normalized spacial score (nSPS) is 11.4. The first kappa shape index (κ1) is 39.2. The Morgan fingerprint density at radius 2 is 0.759 bits per heavy atom. The zero-order chi connectivity index (χ0) is 40.5. The van der Waals surface area contributed by atoms with Gasteiger partial charge in [-0.1, -0.05) is 60.7 Å². The number of nitrogens with one attached hydrogen (secondary N) is 5. The lowest BCUT2D eigenvalue weighted by Gasteiger charge is -2.12. The Kier molecular flexibility index (Phi) is 11.7. The molecule has 0 aliphatic carbocycles. The van der Waals surface area contributed by atoms with Crippen molar-refractivity contribution in [3.63, 3.8) is 0 Å². The zero-order valence-electron chi connectivity index (χ0n) is 30.4. The summed E-state index contributed by atoms with van der Waals surface area (Å²) >= 11 is 0. The molecule has 0 spiro atoms. The number of aromatic nitrogens is 6. The molecule has 294 valence electrons. The third-order valence-electron chi connectivity index (χ3n) is 8.30. The fourth-order valence-electron chi connectivity index (χ4n) is 5.45. The van der Waals surface area contributed by atoms with E-state index in [1.165, 1.54) is 48.5 Å². The average Bonchev–Trinajstić information content (AvgIpc) is 3.20. The first-order valence-corrected chi connectivity index (χ1v) is 20.5. The van der Waals surface area contributed by atoms with Crippen LogP contribution in [0.15, 0.2) is 143 Å². The van der Waals surface area contributed by atoms with Crippen LogP contribution in [0.25, 0.3) is 0 Å². The highest BCUT2D eigenvalue weighted by atomic mass is 32.2. The van der Waals surface area contributed by atoms with Crippen molar-refractivity contribution < 1.29 is 25.9 Å². The third-order valence-corrected chi connectivity index (χ3v) is 10.0. The Bertz CT molecular complexity index is 2520. The largest absolute Gasteiger partial charge is 0.350 e. The second kappa shape index (κ2) is 17.4. The second-order valence-corrected chi connectivity index (χ2v) is 15.4. The maximum atomic E-state index is 11.5. The van der Waals surface area contributed by atoms with E-state index in [0.717, 1.165) is 22.5 Å². The number of hydrogen-bond donors (Lipinski definition) is 7. The van der Waals surface area contributed by atoms with Gasteiger partial charge in [0.25, 0.3) is 20.2 Å². The maximum Gasteiger partial charge on any atom is 0.294 e. The molecule has 17 nitrogen and oxygen atoms in total. The molecule has 0 unspecified atom stereocenters. The molecule has 2 heterocycles. The summed E-state index contributed by atoms with van der Waals surface area (Å²) in [6.45, 7) is 0.389. The fraction of sp³-hybridized carbons (Fsp3) is 0.0769. The molecule has 0 aliphatic heterocycles. The smallest absolute Gasteiger partial charge is 0.294 e. The molecule has 7 rings (SSSR count). The molecule has 19 heteroatoms. The first-order chi connectivity index (χ1) is 27.9. The number of para-hydroxylation sites is 2. The minimum absolute atomic E-state index is 0.194. The molecule has 0 fully saturated rings. The molecule has 0 atom stereocenters. The molecule has 0 saturated carbocycles. The van der Waals surface area contributed by atoms with Gasteiger partial charge < -0.3 is 26.6 Å². The predicted molar refractivity (Wildman–Crippen MR) is 219 cm³/mol. The van der Waals surface area contributed by atoms with Crippen molar-refractivity contribution in [1.29, 1.82) is 0 Å². The molecule has 0 bridgehead atoms. The van der Waals surface area contributed by atoms with Crippen LogP contribution in [0.3, 0.4) is 0 Å². The highest BCUT2D eigenvalue weighted by molar-refractivity contribution is 7.86. The molecule has 2 aromatic heterocycles. The summed E-state index contributed by atoms with van der Waals surface area (Å²) in [7, 11) is -8.68. The van der Waals surface area contributed by atoms with E-state index in [-0.39, 0.29) is 33.6 Å². The van der Waals surface area contributed by atoms with E-state index in [0.29, 0.717) is 42.5 Å². The van der Waals surface area contributed by atoms with Crippen molar-refractivity contribution in [1.82, 2.24) is 29.9 Å². The van der Waals surface area contributed by atoms with Gasteiger partial charge in [0.05, 0.1) is 9.79 Å². The van der Waals surface area contributed by atoms with Crippen LogP contribution in [0, 0.1) is 0 Å². The quantitative estimate of drug-likeness (QED) is 0.0489. The van der Waals surface area contributed by atoms with E-state index in [1.807, 2.05) is 84.9 Å². The minimum Gasteiger partial charge on any atom is -0.350 e. The number of rotatable bonds is 16. The summed E-state index contributed by atoms with van der Waals surface area (Å²) in [6.07, 6.45) is 1.10. The summed E-state index contributed by atoms with van der Waals surface area (Å²) < 4.78 is 64.6. The highest BCUT2D eigenvalue weighted by Gasteiger charge is 2.13. The summed E-state index contributed by atoms with van der Waals surface area (Å²) in [5.74, 6) is 1.83. The molecule has 0 radical (unpaired) electrons. The monoisotopic (exact) mass is 817 g/mol. The lowest BCUT2D eigenvalue weighted by Crippen LogP contribution is -2.10. The molecule has 7 aromatic rings. The third kappa shape index (κ3) is 11.0. The van der Waals surface area contributed by atoms with E-state index >= 15 is 0 Å². The minimum atomic E-state index is -4.34. The number of hydrogen-bond acceptors (Lipinski definition) is 15. The van der Waals surface area contributed by atoms with Gasteiger partial charge in [-0.15, -0.1) is 0 Å². The van der Waals surface area contributed by atoms with Gasteiger partial charge in [0.2, 0.25) is 29.7 Å². The summed E-state index contributed by atoms with van der Waals surface area (Å²) in [5.41, 5.74) is 4.55. The van der Waals surface area contributed by atoms with Gasteiger partial charge >= 0.3 is 0 Å². The van der Waals surface area contributed by atoms with E-state index in [2.05, 4.69) is 56.5 Å². The fourth-order valence-corrected chi connectivity index (χ4v) is 6.41. The van der Waals surface area contributed by atoms with E-state index < -0.39 is 20.2 Å². The highest BCUT2D eigenvalue weighted by Crippen LogP contribution is 2.22. The van der Waals surface area contributed by atoms with Gasteiger partial charge in [0.15, 0.2) is 0 Å². The van der Waals surface area contributed by atoms with E-state index in [1.54, 1.807) is 0 Å². The van der Waals surface area contributed by atoms with Gasteiger partial charge in [0, 0.05) is 35.7 Å². The van der Waals surface area contributed by atoms with Crippen molar-refractivity contribution in [3.8, 4) is 0 Å². The average molecular weight is 818 g/mol. The number of aryl methyl sites for hydroxylation is 2. The zero-order valence-corrected chi connectivity index (χ0v) is 32.0. The van der Waals surface area contributed by atoms with Crippen LogP contribution in [0.2, 0.25) is 0 Å². The SMILES string of the molecule is O=S(=O)(O)c1ccc(Nc2nc(CCc3ccc(CNc4nc(Nc5ccccc5)nc(Nc5ccc(S(=O)(=O)O)cc5)n4)cc3)nc(Nc3ccccc3)n2)cc1. The second-order valence-electron chi connectivity index (χ2n) is 12.6. The number of benzene rings is 5. The molecule has 0 amide bonds. The Morgan fingerprint density at radius 3 is 1.17 bits per heavy atom. The summed E-state index contributed by atoms with van der Waals surface area (Å²) in [4.78, 5) is 26.8. The summed E-state index contributed by atoms with van der Waals surface area (Å²) in [5, 5.41) is 15.7. The Balaban J connectivity index is 1.03. The van der Waals surface area contributed by atoms with Crippen molar-refractivity contribution in [2.75, 3.05) is 26.6 Å². The first-order valence-electron chi connectivity index (χ1n) is 17.6. The van der Waals surface area contributed by atoms with Crippen molar-refractivity contribution >= 4 is 72.7 Å². The molecule has 7 N–H and O–H groups in total. The van der Waals surface area contributed by atoms with Crippen LogP contribution in [-0.4, -0.2) is 55.8 Å². The van der Waals surface area contributed by atoms with Gasteiger partial charge in [-0.2, -0.15) is 46.7 Å². The molecule has 58 heavy (non-hydrogen) atoms. The Labute approximate surface area is 333 Å². The molecule has 0 aliphatic rings. The van der Waals surface area contributed by atoms with Crippen LogP contribution >= 0.6 is 0 Å². The molecule has 5 aromatic carbocycles. The van der Waals surface area contributed by atoms with Gasteiger partial charge in [-0.3, -0.25) is 9.11 Å². The van der Waals surface area contributed by atoms with Gasteiger partial charge in [-0.25, -0.2) is 0 Å². The van der Waals surface area contributed by atoms with Crippen LogP contribution in [0.4, 0.5) is 52.5 Å². The van der Waals surface area contributed by atoms with Crippen LogP contribution in [0.5, 0.6) is 0 Å². The van der Waals surface area contributed by atoms with Crippen molar-refractivity contribution in [2.24, 2.45) is 0 Å². The van der Waals surface area contributed by atoms with E-state index in [4.69, 9.17) is 0 Å². The summed E-state index contributed by atoms with van der Waals surface area (Å²) in [6, 6.07) is 37.9. The van der Waals surface area contributed by atoms with Crippen LogP contribution in [0.1, 0.15) is 17.0 Å². The number of anilines is 9. The van der Waals surface area contributed by atoms with Gasteiger partial charge in [-0.05, 0) is 90.3 Å². The van der Waals surface area contributed by atoms with Crippen LogP contribution < -0.4 is 26.6 Å². The standard InChI is InChI=1S/C39H35N11O6S2/c51-57(52,53)32-20-16-30(17-21-32)43-37-46-34(45-36(49-37)41-28-7-3-1-4-8-28)24-15-26-11-13-27(14-12-26)25-40-35-47-38(42-29-9-5-2-6-10-29)50-39(48-35)44-31-18-22-33(23-19-31)58(54,55)56/h1-14,16-23H,15,24-25H2,(H,51,52,53)(H,54,55,56)(H2,41,43,45,46,49)(H3,40,42,44,47,48,50). The van der Waals surface area contributed by atoms with Crippen molar-refractivity contribution in [2.45, 2.75) is 29.2 Å². The van der Waals surface area contributed by atoms with E-state index in [9.17, 15) is 25.9 Å². The maximum absolute atomic E-state index is 11.5. The topological polar surface area (TPSA) is 246 Å². The van der Waals surface area contributed by atoms with Gasteiger partial charge in [0.1, 0.15) is 5.82 Å². The number of nitrogens with zero attached hydrogens (tertiary/aromatic N) is 6. The Hall–Kier alpha value is -7.06. The molecular weight excluding hydrogens is 783 g/mol. The molecular formula is C39H35N11O6S2. The lowest BCUT2D eigenvalue weighted by molar-refractivity contribution is 0.481. The van der Waals surface area contributed by atoms with Crippen LogP contribution in [-0.2, 0) is 39.6 Å². The lowest BCUT2D eigenvalue weighted by atomic mass is 10.1. The predicted octanol–water partition coefficient (Wildman–Crippen LogP) is 6.92.